The number of hydrogen-bond donors (Lipinski definition) is 2. The minimum Gasteiger partial charge on any atom is -0.458 e. The first-order chi connectivity index (χ1) is 10.1. The van der Waals surface area contributed by atoms with Crippen LogP contribution in [0.4, 0.5) is 0 Å². The first kappa shape index (κ1) is 13.4. The Balaban J connectivity index is 2.23. The Morgan fingerprint density at radius 1 is 1.24 bits per heavy atom. The summed E-state index contributed by atoms with van der Waals surface area (Å²) in [6.45, 7) is 4.44. The minimum atomic E-state index is -0.469. The molecule has 21 heavy (non-hydrogen) atoms. The highest BCUT2D eigenvalue weighted by molar-refractivity contribution is 5.74. The van der Waals surface area contributed by atoms with E-state index in [9.17, 15) is 9.59 Å². The number of furan rings is 1. The molecule has 0 spiro atoms. The van der Waals surface area contributed by atoms with Gasteiger partial charge >= 0.3 is 5.69 Å². The summed E-state index contributed by atoms with van der Waals surface area (Å²) in [5.74, 6) is 1.84. The first-order valence-corrected chi connectivity index (χ1v) is 6.96. The van der Waals surface area contributed by atoms with Crippen LogP contribution in [0.2, 0.25) is 0 Å². The molecule has 0 saturated carbocycles. The smallest absolute Gasteiger partial charge is 0.330 e. The maximum absolute atomic E-state index is 11.9. The number of aromatic amines is 2. The number of aromatic nitrogens is 4. The van der Waals surface area contributed by atoms with E-state index in [1.807, 2.05) is 19.9 Å². The van der Waals surface area contributed by atoms with Crippen LogP contribution in [0.3, 0.4) is 0 Å². The summed E-state index contributed by atoms with van der Waals surface area (Å²) >= 11 is 0. The summed E-state index contributed by atoms with van der Waals surface area (Å²) in [6.07, 6.45) is 1.55. The van der Waals surface area contributed by atoms with Crippen molar-refractivity contribution in [3.63, 3.8) is 0 Å². The summed E-state index contributed by atoms with van der Waals surface area (Å²) in [5.41, 5.74) is -0.271. The monoisotopic (exact) mass is 288 g/mol. The van der Waals surface area contributed by atoms with Crippen molar-refractivity contribution in [3.8, 4) is 11.6 Å². The van der Waals surface area contributed by atoms with Gasteiger partial charge in [0.25, 0.3) is 5.56 Å². The lowest BCUT2D eigenvalue weighted by Gasteiger charge is -2.02. The molecule has 0 atom stereocenters. The molecule has 7 nitrogen and oxygen atoms in total. The van der Waals surface area contributed by atoms with Gasteiger partial charge in [-0.05, 0) is 18.6 Å². The lowest BCUT2D eigenvalue weighted by atomic mass is 10.3. The van der Waals surface area contributed by atoms with Gasteiger partial charge in [0.05, 0.1) is 0 Å². The molecule has 3 heterocycles. The number of rotatable bonds is 4. The first-order valence-electron chi connectivity index (χ1n) is 6.96. The van der Waals surface area contributed by atoms with E-state index in [-0.39, 0.29) is 5.52 Å². The van der Waals surface area contributed by atoms with E-state index in [1.165, 1.54) is 4.57 Å². The van der Waals surface area contributed by atoms with Crippen molar-refractivity contribution in [1.29, 1.82) is 0 Å². The topological polar surface area (TPSA) is 96.7 Å². The van der Waals surface area contributed by atoms with Crippen molar-refractivity contribution >= 4 is 11.2 Å². The molecule has 0 fully saturated rings. The van der Waals surface area contributed by atoms with Crippen molar-refractivity contribution in [2.24, 2.45) is 0 Å². The Kier molecular flexibility index (Phi) is 3.25. The molecule has 0 amide bonds. The second kappa shape index (κ2) is 5.08. The number of aryl methyl sites for hydroxylation is 2. The predicted octanol–water partition coefficient (Wildman–Crippen LogP) is 1.65. The molecule has 0 radical (unpaired) electrons. The number of imidazole rings is 1. The third kappa shape index (κ3) is 2.20. The number of nitrogens with one attached hydrogen (secondary N) is 2. The van der Waals surface area contributed by atoms with Crippen LogP contribution < -0.4 is 11.2 Å². The summed E-state index contributed by atoms with van der Waals surface area (Å²) in [4.78, 5) is 33.4. The Morgan fingerprint density at radius 2 is 2.05 bits per heavy atom. The zero-order chi connectivity index (χ0) is 15.0. The molecule has 2 N–H and O–H groups in total. The second-order valence-corrected chi connectivity index (χ2v) is 4.81. The van der Waals surface area contributed by atoms with Crippen LogP contribution >= 0.6 is 0 Å². The molecule has 3 rings (SSSR count). The summed E-state index contributed by atoms with van der Waals surface area (Å²) in [7, 11) is 0. The Bertz CT molecular complexity index is 897. The Hall–Kier alpha value is -2.57. The van der Waals surface area contributed by atoms with E-state index in [0.717, 1.165) is 18.6 Å². The van der Waals surface area contributed by atoms with Crippen LogP contribution in [0, 0.1) is 0 Å². The third-order valence-corrected chi connectivity index (χ3v) is 3.32. The quantitative estimate of drug-likeness (QED) is 0.762. The molecule has 0 unspecified atom stereocenters. The standard InChI is InChI=1S/C14H16N4O3/c1-3-7-18-12-10(13(19)17-14(18)20)15-11(16-12)9-6-5-8(4-2)21-9/h5-6H,3-4,7H2,1-2H3,(H,15,16)(H,17,19,20). The van der Waals surface area contributed by atoms with E-state index in [0.29, 0.717) is 23.8 Å². The van der Waals surface area contributed by atoms with E-state index in [4.69, 9.17) is 4.42 Å². The normalized spacial score (nSPS) is 11.3. The zero-order valence-electron chi connectivity index (χ0n) is 11.9. The van der Waals surface area contributed by atoms with E-state index >= 15 is 0 Å². The van der Waals surface area contributed by atoms with Crippen LogP contribution in [0.1, 0.15) is 26.0 Å². The van der Waals surface area contributed by atoms with Crippen molar-refractivity contribution in [2.75, 3.05) is 0 Å². The molecule has 0 bridgehead atoms. The van der Waals surface area contributed by atoms with Crippen molar-refractivity contribution in [3.05, 3.63) is 38.7 Å². The van der Waals surface area contributed by atoms with Gasteiger partial charge in [-0.3, -0.25) is 14.3 Å². The molecule has 3 aromatic rings. The molecule has 0 aliphatic rings. The van der Waals surface area contributed by atoms with Gasteiger partial charge in [0.15, 0.2) is 17.2 Å². The molecule has 0 aliphatic carbocycles. The average molecular weight is 288 g/mol. The van der Waals surface area contributed by atoms with E-state index in [2.05, 4.69) is 15.0 Å². The minimum absolute atomic E-state index is 0.285. The maximum atomic E-state index is 11.9. The predicted molar refractivity (Wildman–Crippen MR) is 78.3 cm³/mol. The van der Waals surface area contributed by atoms with Gasteiger partial charge in [-0.1, -0.05) is 13.8 Å². The Labute approximate surface area is 119 Å². The van der Waals surface area contributed by atoms with Gasteiger partial charge < -0.3 is 9.40 Å². The molecular formula is C14H16N4O3. The molecule has 3 aromatic heterocycles. The molecular weight excluding hydrogens is 272 g/mol. The fraction of sp³-hybridized carbons (Fsp3) is 0.357. The van der Waals surface area contributed by atoms with Gasteiger partial charge in [0, 0.05) is 13.0 Å². The molecule has 7 heteroatoms. The SMILES string of the molecule is CCCn1c(=O)[nH]c(=O)c2[nH]c(-c3ccc(CC)o3)nc21. The van der Waals surface area contributed by atoms with Crippen molar-refractivity contribution in [2.45, 2.75) is 33.2 Å². The Morgan fingerprint density at radius 3 is 2.71 bits per heavy atom. The number of hydrogen-bond acceptors (Lipinski definition) is 4. The van der Waals surface area contributed by atoms with Gasteiger partial charge in [0.2, 0.25) is 0 Å². The molecule has 0 saturated heterocycles. The van der Waals surface area contributed by atoms with Gasteiger partial charge in [-0.2, -0.15) is 0 Å². The third-order valence-electron chi connectivity index (χ3n) is 3.32. The maximum Gasteiger partial charge on any atom is 0.330 e. The number of fused-ring (bicyclic) bond motifs is 1. The number of nitrogens with zero attached hydrogens (tertiary/aromatic N) is 2. The van der Waals surface area contributed by atoms with Gasteiger partial charge in [-0.25, -0.2) is 9.78 Å². The van der Waals surface area contributed by atoms with Crippen LogP contribution in [0.25, 0.3) is 22.7 Å². The van der Waals surface area contributed by atoms with Crippen LogP contribution in [0.5, 0.6) is 0 Å². The fourth-order valence-corrected chi connectivity index (χ4v) is 2.28. The largest absolute Gasteiger partial charge is 0.458 e. The van der Waals surface area contributed by atoms with Crippen LogP contribution in [-0.2, 0) is 13.0 Å². The van der Waals surface area contributed by atoms with Gasteiger partial charge in [-0.15, -0.1) is 0 Å². The average Bonchev–Trinajstić information content (AvgIpc) is 3.09. The number of H-pyrrole nitrogens is 2. The van der Waals surface area contributed by atoms with Crippen LogP contribution in [-0.4, -0.2) is 19.5 Å². The van der Waals surface area contributed by atoms with Crippen molar-refractivity contribution in [1.82, 2.24) is 19.5 Å². The summed E-state index contributed by atoms with van der Waals surface area (Å²) in [6, 6.07) is 3.67. The van der Waals surface area contributed by atoms with Crippen LogP contribution in [0.15, 0.2) is 26.1 Å². The lowest BCUT2D eigenvalue weighted by molar-refractivity contribution is 0.526. The highest BCUT2D eigenvalue weighted by Gasteiger charge is 2.15. The lowest BCUT2D eigenvalue weighted by Crippen LogP contribution is -2.30. The van der Waals surface area contributed by atoms with Crippen molar-refractivity contribution < 1.29 is 4.42 Å². The molecule has 0 aliphatic heterocycles. The molecule has 110 valence electrons. The van der Waals surface area contributed by atoms with Gasteiger partial charge in [0.1, 0.15) is 11.3 Å². The van der Waals surface area contributed by atoms with E-state index < -0.39 is 11.2 Å². The zero-order valence-corrected chi connectivity index (χ0v) is 11.9. The highest BCUT2D eigenvalue weighted by atomic mass is 16.3. The summed E-state index contributed by atoms with van der Waals surface area (Å²) in [5, 5.41) is 0. The summed E-state index contributed by atoms with van der Waals surface area (Å²) < 4.78 is 7.08. The second-order valence-electron chi connectivity index (χ2n) is 4.81. The van der Waals surface area contributed by atoms with E-state index in [1.54, 1.807) is 6.07 Å². The fourth-order valence-electron chi connectivity index (χ4n) is 2.28. The highest BCUT2D eigenvalue weighted by Crippen LogP contribution is 2.21. The molecule has 0 aromatic carbocycles.